The molecule has 1 aromatic rings. The Balaban J connectivity index is 2.64. The second-order valence-electron chi connectivity index (χ2n) is 5.21. The number of benzene rings is 1. The summed E-state index contributed by atoms with van der Waals surface area (Å²) in [6.07, 6.45) is 0. The lowest BCUT2D eigenvalue weighted by molar-refractivity contribution is 0.00578. The number of hydrogen-bond donors (Lipinski definition) is 0. The van der Waals surface area contributed by atoms with Gasteiger partial charge in [0.05, 0.1) is 16.7 Å². The summed E-state index contributed by atoms with van der Waals surface area (Å²) >= 11 is 0. The van der Waals surface area contributed by atoms with Crippen molar-refractivity contribution in [3.8, 4) is 0 Å². The van der Waals surface area contributed by atoms with Crippen LogP contribution in [0.4, 0.5) is 0 Å². The van der Waals surface area contributed by atoms with Crippen LogP contribution in [0.5, 0.6) is 0 Å². The van der Waals surface area contributed by atoms with Crippen LogP contribution in [0.3, 0.4) is 0 Å². The van der Waals surface area contributed by atoms with Crippen molar-refractivity contribution in [3.63, 3.8) is 0 Å². The Kier molecular flexibility index (Phi) is 1.61. The molecule has 0 spiro atoms. The van der Waals surface area contributed by atoms with E-state index < -0.39 is 60.7 Å². The standard InChI is InChI=1S/C14H19BO3/c1-10(16)11-6-8-12(9-7-11)15-17-13(2,3)14(4,5)18-15/h6-9H,1-5H3/i1D3,6D,7D,8D,9D. The lowest BCUT2D eigenvalue weighted by Crippen LogP contribution is -2.41. The van der Waals surface area contributed by atoms with Crippen molar-refractivity contribution in [1.29, 1.82) is 0 Å². The number of rotatable bonds is 2. The van der Waals surface area contributed by atoms with Crippen LogP contribution < -0.4 is 5.46 Å². The van der Waals surface area contributed by atoms with Gasteiger partial charge in [0.15, 0.2) is 5.78 Å². The molecule has 0 unspecified atom stereocenters. The molecule has 0 atom stereocenters. The lowest BCUT2D eigenvalue weighted by Gasteiger charge is -2.32. The number of Topliss-reactive ketones (excluding diaryl/α,β-unsaturated/α-hetero) is 1. The van der Waals surface area contributed by atoms with E-state index in [4.69, 9.17) is 18.9 Å². The van der Waals surface area contributed by atoms with E-state index in [-0.39, 0.29) is 5.46 Å². The highest BCUT2D eigenvalue weighted by atomic mass is 16.7. The Morgan fingerprint density at radius 1 is 1.17 bits per heavy atom. The molecule has 0 aliphatic carbocycles. The summed E-state index contributed by atoms with van der Waals surface area (Å²) in [5.74, 6) is -1.43. The van der Waals surface area contributed by atoms with Crippen LogP contribution in [0.2, 0.25) is 0 Å². The molecule has 0 aromatic heterocycles. The molecule has 96 valence electrons. The fraction of sp³-hybridized carbons (Fsp3) is 0.500. The minimum absolute atomic E-state index is 0.157. The second-order valence-corrected chi connectivity index (χ2v) is 5.21. The third-order valence-electron chi connectivity index (χ3n) is 3.36. The maximum atomic E-state index is 12.0. The first-order valence-corrected chi connectivity index (χ1v) is 5.62. The Bertz CT molecular complexity index is 698. The van der Waals surface area contributed by atoms with Crippen molar-refractivity contribution in [3.05, 3.63) is 29.7 Å². The molecular weight excluding hydrogens is 227 g/mol. The van der Waals surface area contributed by atoms with E-state index in [2.05, 4.69) is 0 Å². The molecule has 0 radical (unpaired) electrons. The minimum atomic E-state index is -3.06. The zero-order chi connectivity index (χ0) is 19.5. The first-order chi connectivity index (χ1) is 11.1. The molecule has 4 heteroatoms. The first-order valence-electron chi connectivity index (χ1n) is 9.12. The highest BCUT2D eigenvalue weighted by molar-refractivity contribution is 6.62. The van der Waals surface area contributed by atoms with Crippen LogP contribution in [-0.2, 0) is 9.31 Å². The highest BCUT2D eigenvalue weighted by Gasteiger charge is 2.51. The van der Waals surface area contributed by atoms with Crippen LogP contribution in [0.15, 0.2) is 24.2 Å². The van der Waals surface area contributed by atoms with Crippen LogP contribution in [-0.4, -0.2) is 24.1 Å². The number of carbonyl (C=O) groups excluding carboxylic acids is 1. The third-order valence-corrected chi connectivity index (χ3v) is 3.36. The van der Waals surface area contributed by atoms with Gasteiger partial charge in [-0.05, 0) is 40.0 Å². The normalized spacial score (nSPS) is 27.3. The van der Waals surface area contributed by atoms with Crippen molar-refractivity contribution in [2.45, 2.75) is 45.7 Å². The van der Waals surface area contributed by atoms with E-state index in [0.717, 1.165) is 0 Å². The van der Waals surface area contributed by atoms with Gasteiger partial charge in [0, 0.05) is 9.68 Å². The van der Waals surface area contributed by atoms with E-state index in [1.54, 1.807) is 27.7 Å². The maximum absolute atomic E-state index is 12.0. The third kappa shape index (κ3) is 2.23. The molecule has 1 saturated heterocycles. The van der Waals surface area contributed by atoms with Gasteiger partial charge in [-0.2, -0.15) is 0 Å². The van der Waals surface area contributed by atoms with Gasteiger partial charge in [0.2, 0.25) is 0 Å². The molecule has 1 fully saturated rings. The van der Waals surface area contributed by atoms with Gasteiger partial charge in [0.1, 0.15) is 0 Å². The van der Waals surface area contributed by atoms with Crippen molar-refractivity contribution in [2.75, 3.05) is 0 Å². The number of ketones is 1. The average Bonchev–Trinajstić information content (AvgIpc) is 2.64. The summed E-state index contributed by atoms with van der Waals surface area (Å²) in [4.78, 5) is 12.0. The predicted molar refractivity (Wildman–Crippen MR) is 72.2 cm³/mol. The molecule has 2 rings (SSSR count). The summed E-state index contributed by atoms with van der Waals surface area (Å²) in [5.41, 5.74) is -2.42. The molecule has 0 saturated carbocycles. The van der Waals surface area contributed by atoms with Gasteiger partial charge in [-0.3, -0.25) is 4.79 Å². The summed E-state index contributed by atoms with van der Waals surface area (Å²) in [7, 11) is -1.16. The SMILES string of the molecule is [2H]c1c([2H])c(C(=O)C([2H])([2H])[2H])c([2H])c([2H])c1B1OC(C)(C)C(C)(C)O1. The van der Waals surface area contributed by atoms with Crippen molar-refractivity contribution in [1.82, 2.24) is 0 Å². The van der Waals surface area contributed by atoms with Crippen molar-refractivity contribution < 1.29 is 23.7 Å². The number of carbonyl (C=O) groups is 1. The van der Waals surface area contributed by atoms with Crippen LogP contribution in [0.25, 0.3) is 0 Å². The Hall–Kier alpha value is -1.13. The molecule has 18 heavy (non-hydrogen) atoms. The van der Waals surface area contributed by atoms with Gasteiger partial charge in [0.25, 0.3) is 0 Å². The summed E-state index contributed by atoms with van der Waals surface area (Å²) < 4.78 is 65.2. The van der Waals surface area contributed by atoms with E-state index in [1.807, 2.05) is 0 Å². The van der Waals surface area contributed by atoms with Gasteiger partial charge in [-0.25, -0.2) is 0 Å². The van der Waals surface area contributed by atoms with Crippen LogP contribution in [0, 0.1) is 0 Å². The molecule has 1 aliphatic rings. The summed E-state index contributed by atoms with van der Waals surface area (Å²) in [6.45, 7) is 4.04. The summed E-state index contributed by atoms with van der Waals surface area (Å²) in [5, 5.41) is 0. The zero-order valence-electron chi connectivity index (χ0n) is 17.8. The lowest BCUT2D eigenvalue weighted by atomic mass is 9.79. The molecule has 0 amide bonds. The Morgan fingerprint density at radius 3 is 2.11 bits per heavy atom. The van der Waals surface area contributed by atoms with Gasteiger partial charge in [-0.1, -0.05) is 24.2 Å². The summed E-state index contributed by atoms with van der Waals surface area (Å²) in [6, 6.07) is -2.53. The van der Waals surface area contributed by atoms with Crippen LogP contribution >= 0.6 is 0 Å². The largest absolute Gasteiger partial charge is 0.494 e. The monoisotopic (exact) mass is 253 g/mol. The highest BCUT2D eigenvalue weighted by Crippen LogP contribution is 2.36. The predicted octanol–water partition coefficient (Wildman–Crippen LogP) is 2.19. The Morgan fingerprint density at radius 2 is 1.67 bits per heavy atom. The van der Waals surface area contributed by atoms with Crippen LogP contribution in [0.1, 0.15) is 54.5 Å². The maximum Gasteiger partial charge on any atom is 0.494 e. The van der Waals surface area contributed by atoms with E-state index in [9.17, 15) is 4.79 Å². The smallest absolute Gasteiger partial charge is 0.399 e. The van der Waals surface area contributed by atoms with E-state index in [0.29, 0.717) is 0 Å². The molecular formula is C14H19BO3. The fourth-order valence-electron chi connectivity index (χ4n) is 1.51. The molecule has 1 aromatic carbocycles. The van der Waals surface area contributed by atoms with Gasteiger partial charge < -0.3 is 9.31 Å². The van der Waals surface area contributed by atoms with Gasteiger partial charge >= 0.3 is 7.12 Å². The van der Waals surface area contributed by atoms with Crippen molar-refractivity contribution in [2.24, 2.45) is 0 Å². The molecule has 1 aliphatic heterocycles. The minimum Gasteiger partial charge on any atom is -0.399 e. The molecule has 0 N–H and O–H groups in total. The second kappa shape index (κ2) is 4.21. The number of hydrogen-bond acceptors (Lipinski definition) is 3. The van der Waals surface area contributed by atoms with E-state index >= 15 is 0 Å². The van der Waals surface area contributed by atoms with Crippen molar-refractivity contribution >= 4 is 18.4 Å². The van der Waals surface area contributed by atoms with E-state index in [1.165, 1.54) is 0 Å². The van der Waals surface area contributed by atoms with Gasteiger partial charge in [-0.15, -0.1) is 0 Å². The Labute approximate surface area is 118 Å². The molecule has 0 bridgehead atoms. The topological polar surface area (TPSA) is 35.5 Å². The molecule has 3 nitrogen and oxygen atoms in total. The zero-order valence-corrected chi connectivity index (χ0v) is 10.8. The quantitative estimate of drug-likeness (QED) is 0.598. The molecule has 1 heterocycles. The first kappa shape index (κ1) is 6.87. The average molecular weight is 253 g/mol. The fourth-order valence-corrected chi connectivity index (χ4v) is 1.51.